The number of hydrogen-bond acceptors (Lipinski definition) is 3. The molecule has 14 heavy (non-hydrogen) atoms. The number of ether oxygens (including phenoxy) is 1. The summed E-state index contributed by atoms with van der Waals surface area (Å²) in [7, 11) is 2.05. The Bertz CT molecular complexity index is 211. The lowest BCUT2D eigenvalue weighted by atomic mass is 9.96. The van der Waals surface area contributed by atoms with Gasteiger partial charge in [0.1, 0.15) is 5.76 Å². The van der Waals surface area contributed by atoms with Gasteiger partial charge in [-0.3, -0.25) is 0 Å². The topological polar surface area (TPSA) is 21.3 Å². The van der Waals surface area contributed by atoms with Crippen molar-refractivity contribution >= 4 is 11.8 Å². The molecule has 0 spiro atoms. The highest BCUT2D eigenvalue weighted by Gasteiger charge is 2.28. The highest BCUT2D eigenvalue weighted by Crippen LogP contribution is 2.30. The molecule has 0 saturated carbocycles. The summed E-state index contributed by atoms with van der Waals surface area (Å²) >= 11 is 2.07. The molecule has 0 aromatic heterocycles. The van der Waals surface area contributed by atoms with Gasteiger partial charge >= 0.3 is 0 Å². The number of nitrogens with one attached hydrogen (secondary N) is 1. The third kappa shape index (κ3) is 2.26. The molecule has 2 heterocycles. The number of allylic oxidation sites excluding steroid dienone is 1. The summed E-state index contributed by atoms with van der Waals surface area (Å²) in [5, 5.41) is 3.41. The first-order valence-corrected chi connectivity index (χ1v) is 6.65. The van der Waals surface area contributed by atoms with Crippen LogP contribution in [-0.4, -0.2) is 31.2 Å². The lowest BCUT2D eigenvalue weighted by molar-refractivity contribution is 0.156. The van der Waals surface area contributed by atoms with E-state index in [-0.39, 0.29) is 0 Å². The largest absolute Gasteiger partial charge is 0.497 e. The van der Waals surface area contributed by atoms with Gasteiger partial charge in [-0.2, -0.15) is 11.8 Å². The van der Waals surface area contributed by atoms with Crippen molar-refractivity contribution in [2.24, 2.45) is 5.92 Å². The predicted molar refractivity (Wildman–Crippen MR) is 61.5 cm³/mol. The maximum atomic E-state index is 5.73. The maximum Gasteiger partial charge on any atom is 0.109 e. The SMILES string of the molecule is CNC(C1=CCCCO1)C1CCSC1. The fourth-order valence-corrected chi connectivity index (χ4v) is 3.52. The second kappa shape index (κ2) is 5.08. The first-order valence-electron chi connectivity index (χ1n) is 5.49. The van der Waals surface area contributed by atoms with E-state index in [0.29, 0.717) is 6.04 Å². The van der Waals surface area contributed by atoms with E-state index in [1.807, 2.05) is 7.05 Å². The minimum absolute atomic E-state index is 0.463. The van der Waals surface area contributed by atoms with E-state index in [0.717, 1.165) is 12.5 Å². The molecular weight excluding hydrogens is 194 g/mol. The van der Waals surface area contributed by atoms with Crippen LogP contribution in [0.25, 0.3) is 0 Å². The first-order chi connectivity index (χ1) is 6.92. The molecule has 3 heteroatoms. The molecule has 2 aliphatic rings. The average Bonchev–Trinajstić information content (AvgIpc) is 2.74. The van der Waals surface area contributed by atoms with Crippen LogP contribution in [0.2, 0.25) is 0 Å². The summed E-state index contributed by atoms with van der Waals surface area (Å²) < 4.78 is 5.73. The van der Waals surface area contributed by atoms with Gasteiger partial charge in [-0.25, -0.2) is 0 Å². The second-order valence-corrected chi connectivity index (χ2v) is 5.14. The standard InChI is InChI=1S/C11H19NOS/c1-12-11(9-5-7-14-8-9)10-4-2-3-6-13-10/h4,9,11-12H,2-3,5-8H2,1H3. The van der Waals surface area contributed by atoms with Gasteiger partial charge in [-0.1, -0.05) is 0 Å². The van der Waals surface area contributed by atoms with Crippen molar-refractivity contribution in [2.75, 3.05) is 25.2 Å². The van der Waals surface area contributed by atoms with Crippen LogP contribution in [0.4, 0.5) is 0 Å². The van der Waals surface area contributed by atoms with E-state index in [1.165, 1.54) is 36.5 Å². The molecule has 80 valence electrons. The van der Waals surface area contributed by atoms with Crippen molar-refractivity contribution in [3.05, 3.63) is 11.8 Å². The monoisotopic (exact) mass is 213 g/mol. The Labute approximate surface area is 90.5 Å². The van der Waals surface area contributed by atoms with E-state index >= 15 is 0 Å². The van der Waals surface area contributed by atoms with Crippen LogP contribution in [0.1, 0.15) is 19.3 Å². The van der Waals surface area contributed by atoms with Crippen molar-refractivity contribution < 1.29 is 4.74 Å². The first kappa shape index (κ1) is 10.4. The summed E-state index contributed by atoms with van der Waals surface area (Å²) in [6.45, 7) is 0.907. The van der Waals surface area contributed by atoms with Crippen LogP contribution < -0.4 is 5.32 Å². The molecule has 1 saturated heterocycles. The maximum absolute atomic E-state index is 5.73. The molecule has 0 bridgehead atoms. The Morgan fingerprint density at radius 2 is 2.57 bits per heavy atom. The number of thioether (sulfide) groups is 1. The van der Waals surface area contributed by atoms with Crippen molar-refractivity contribution in [1.29, 1.82) is 0 Å². The van der Waals surface area contributed by atoms with Gasteiger partial charge in [0.2, 0.25) is 0 Å². The molecule has 0 aliphatic carbocycles. The van der Waals surface area contributed by atoms with E-state index < -0.39 is 0 Å². The molecule has 2 unspecified atom stereocenters. The van der Waals surface area contributed by atoms with Gasteiger partial charge in [0.15, 0.2) is 0 Å². The van der Waals surface area contributed by atoms with Gasteiger partial charge in [-0.05, 0) is 49.8 Å². The van der Waals surface area contributed by atoms with E-state index in [4.69, 9.17) is 4.74 Å². The third-order valence-electron chi connectivity index (χ3n) is 3.02. The smallest absolute Gasteiger partial charge is 0.109 e. The molecule has 2 nitrogen and oxygen atoms in total. The van der Waals surface area contributed by atoms with Crippen molar-refractivity contribution in [1.82, 2.24) is 5.32 Å². The molecule has 1 N–H and O–H groups in total. The number of hydrogen-bond donors (Lipinski definition) is 1. The second-order valence-electron chi connectivity index (χ2n) is 3.99. The minimum atomic E-state index is 0.463. The fraction of sp³-hybridized carbons (Fsp3) is 0.818. The fourth-order valence-electron chi connectivity index (χ4n) is 2.22. The van der Waals surface area contributed by atoms with Gasteiger partial charge in [0, 0.05) is 0 Å². The Balaban J connectivity index is 1.99. The Morgan fingerprint density at radius 3 is 3.14 bits per heavy atom. The summed E-state index contributed by atoms with van der Waals surface area (Å²) in [4.78, 5) is 0. The summed E-state index contributed by atoms with van der Waals surface area (Å²) in [5.74, 6) is 4.57. The van der Waals surface area contributed by atoms with Gasteiger partial charge < -0.3 is 10.1 Å². The zero-order valence-corrected chi connectivity index (χ0v) is 9.61. The molecule has 2 aliphatic heterocycles. The Morgan fingerprint density at radius 1 is 1.64 bits per heavy atom. The van der Waals surface area contributed by atoms with Crippen LogP contribution in [0.3, 0.4) is 0 Å². The minimum Gasteiger partial charge on any atom is -0.497 e. The molecule has 0 aromatic rings. The molecular formula is C11H19NOS. The van der Waals surface area contributed by atoms with E-state index in [9.17, 15) is 0 Å². The zero-order chi connectivity index (χ0) is 9.80. The quantitative estimate of drug-likeness (QED) is 0.775. The van der Waals surface area contributed by atoms with Crippen molar-refractivity contribution in [2.45, 2.75) is 25.3 Å². The number of rotatable bonds is 3. The molecule has 0 radical (unpaired) electrons. The molecule has 0 aromatic carbocycles. The normalized spacial score (nSPS) is 29.5. The third-order valence-corrected chi connectivity index (χ3v) is 4.20. The van der Waals surface area contributed by atoms with Gasteiger partial charge in [-0.15, -0.1) is 0 Å². The lowest BCUT2D eigenvalue weighted by Crippen LogP contribution is -2.37. The molecule has 2 rings (SSSR count). The van der Waals surface area contributed by atoms with Crippen LogP contribution >= 0.6 is 11.8 Å². The van der Waals surface area contributed by atoms with E-state index in [2.05, 4.69) is 23.2 Å². The lowest BCUT2D eigenvalue weighted by Gasteiger charge is -2.27. The number of likely N-dealkylation sites (N-methyl/N-ethyl adjacent to an activating group) is 1. The molecule has 2 atom stereocenters. The highest BCUT2D eigenvalue weighted by atomic mass is 32.2. The van der Waals surface area contributed by atoms with Crippen molar-refractivity contribution in [3.8, 4) is 0 Å². The average molecular weight is 213 g/mol. The van der Waals surface area contributed by atoms with Gasteiger partial charge in [0.25, 0.3) is 0 Å². The van der Waals surface area contributed by atoms with Crippen LogP contribution in [-0.2, 0) is 4.74 Å². The zero-order valence-electron chi connectivity index (χ0n) is 8.79. The van der Waals surface area contributed by atoms with Crippen LogP contribution in [0, 0.1) is 5.92 Å². The van der Waals surface area contributed by atoms with Crippen molar-refractivity contribution in [3.63, 3.8) is 0 Å². The Hall–Kier alpha value is -0.150. The summed E-state index contributed by atoms with van der Waals surface area (Å²) in [6.07, 6.45) is 5.97. The Kier molecular flexibility index (Phi) is 3.76. The summed E-state index contributed by atoms with van der Waals surface area (Å²) in [5.41, 5.74) is 0. The van der Waals surface area contributed by atoms with Gasteiger partial charge in [0.05, 0.1) is 12.6 Å². The molecule has 0 amide bonds. The van der Waals surface area contributed by atoms with Crippen LogP contribution in [0.5, 0.6) is 0 Å². The highest BCUT2D eigenvalue weighted by molar-refractivity contribution is 7.99. The van der Waals surface area contributed by atoms with Crippen LogP contribution in [0.15, 0.2) is 11.8 Å². The molecule has 1 fully saturated rings. The summed E-state index contributed by atoms with van der Waals surface area (Å²) in [6, 6.07) is 0.463. The van der Waals surface area contributed by atoms with E-state index in [1.54, 1.807) is 0 Å². The predicted octanol–water partition coefficient (Wildman–Crippen LogP) is 2.02.